The molecule has 1 fully saturated rings. The lowest BCUT2D eigenvalue weighted by atomic mass is 10.1. The lowest BCUT2D eigenvalue weighted by Crippen LogP contribution is -2.50. The summed E-state index contributed by atoms with van der Waals surface area (Å²) in [6.45, 7) is 6.36. The van der Waals surface area contributed by atoms with Gasteiger partial charge in [-0.3, -0.25) is 9.59 Å². The zero-order valence-corrected chi connectivity index (χ0v) is 17.0. The van der Waals surface area contributed by atoms with Crippen LogP contribution in [0.5, 0.6) is 0 Å². The number of rotatable bonds is 4. The van der Waals surface area contributed by atoms with Crippen molar-refractivity contribution < 1.29 is 22.4 Å². The third-order valence-electron chi connectivity index (χ3n) is 4.64. The third-order valence-corrected chi connectivity index (χ3v) is 4.64. The number of piperazine rings is 1. The highest BCUT2D eigenvalue weighted by Crippen LogP contribution is 2.26. The molecule has 3 rings (SSSR count). The Hall–Kier alpha value is -2.91. The van der Waals surface area contributed by atoms with Crippen LogP contribution in [0.3, 0.4) is 0 Å². The number of carbonyl (C=O) groups excluding carboxylic acids is 1. The summed E-state index contributed by atoms with van der Waals surface area (Å²) in [5, 5.41) is 5.58. The van der Waals surface area contributed by atoms with Crippen molar-refractivity contribution in [2.24, 2.45) is 0 Å². The summed E-state index contributed by atoms with van der Waals surface area (Å²) in [7, 11) is 0. The van der Waals surface area contributed by atoms with E-state index in [0.717, 1.165) is 11.8 Å². The summed E-state index contributed by atoms with van der Waals surface area (Å²) in [6, 6.07) is 4.29. The standard InChI is InChI=1S/C18H18F4N4O2.C2H6/c1-11-6-13(19)3-2-12(11)9-26-5-4-25(10-16(26)27)15-8-23-24-17(28)14(15)7-18(20,21)22;1-2/h2-3,6,8H,4-5,7,9-10H2,1H3,(H,24,28);1-2H3. The number of anilines is 1. The van der Waals surface area contributed by atoms with Crippen LogP contribution in [0.1, 0.15) is 30.5 Å². The first-order valence-corrected chi connectivity index (χ1v) is 9.55. The number of carbonyl (C=O) groups is 1. The van der Waals surface area contributed by atoms with Gasteiger partial charge >= 0.3 is 6.18 Å². The zero-order valence-electron chi connectivity index (χ0n) is 17.0. The van der Waals surface area contributed by atoms with E-state index >= 15 is 0 Å². The van der Waals surface area contributed by atoms with Gasteiger partial charge in [0.2, 0.25) is 5.91 Å². The number of aryl methyl sites for hydroxylation is 1. The van der Waals surface area contributed by atoms with Crippen LogP contribution < -0.4 is 10.5 Å². The van der Waals surface area contributed by atoms with Gasteiger partial charge in [0.15, 0.2) is 0 Å². The Labute approximate surface area is 171 Å². The topological polar surface area (TPSA) is 69.3 Å². The van der Waals surface area contributed by atoms with E-state index in [1.165, 1.54) is 17.0 Å². The highest BCUT2D eigenvalue weighted by molar-refractivity contribution is 5.83. The van der Waals surface area contributed by atoms with Crippen molar-refractivity contribution in [3.63, 3.8) is 0 Å². The number of hydrogen-bond donors (Lipinski definition) is 1. The van der Waals surface area contributed by atoms with Crippen LogP contribution in [0.25, 0.3) is 0 Å². The van der Waals surface area contributed by atoms with Crippen molar-refractivity contribution >= 4 is 11.6 Å². The smallest absolute Gasteiger partial charge is 0.359 e. The highest BCUT2D eigenvalue weighted by Gasteiger charge is 2.33. The van der Waals surface area contributed by atoms with E-state index < -0.39 is 23.7 Å². The van der Waals surface area contributed by atoms with Crippen molar-refractivity contribution in [2.45, 2.75) is 39.9 Å². The molecule has 0 atom stereocenters. The summed E-state index contributed by atoms with van der Waals surface area (Å²) in [6.07, 6.45) is -4.83. The molecule has 1 N–H and O–H groups in total. The maximum Gasteiger partial charge on any atom is 0.393 e. The number of H-pyrrole nitrogens is 1. The van der Waals surface area contributed by atoms with Gasteiger partial charge < -0.3 is 9.80 Å². The second kappa shape index (κ2) is 9.73. The van der Waals surface area contributed by atoms with Crippen LogP contribution in [-0.2, 0) is 17.8 Å². The fourth-order valence-corrected chi connectivity index (χ4v) is 3.18. The largest absolute Gasteiger partial charge is 0.393 e. The maximum atomic E-state index is 13.2. The summed E-state index contributed by atoms with van der Waals surface area (Å²) in [4.78, 5) is 27.4. The number of nitrogens with one attached hydrogen (secondary N) is 1. The number of benzene rings is 1. The van der Waals surface area contributed by atoms with Gasteiger partial charge in [0.25, 0.3) is 5.56 Å². The van der Waals surface area contributed by atoms with Gasteiger partial charge in [-0.2, -0.15) is 18.3 Å². The molecule has 164 valence electrons. The molecule has 1 amide bonds. The molecular weight excluding hydrogens is 404 g/mol. The van der Waals surface area contributed by atoms with E-state index in [4.69, 9.17) is 0 Å². The Morgan fingerprint density at radius 2 is 1.87 bits per heavy atom. The predicted molar refractivity (Wildman–Crippen MR) is 105 cm³/mol. The van der Waals surface area contributed by atoms with E-state index in [1.54, 1.807) is 17.9 Å². The van der Waals surface area contributed by atoms with Crippen LogP contribution in [-0.4, -0.2) is 46.8 Å². The lowest BCUT2D eigenvalue weighted by Gasteiger charge is -2.36. The SMILES string of the molecule is CC.Cc1cc(F)ccc1CN1CCN(c2cn[nH]c(=O)c2CC(F)(F)F)CC1=O. The Morgan fingerprint density at radius 3 is 2.47 bits per heavy atom. The van der Waals surface area contributed by atoms with E-state index in [1.807, 2.05) is 18.9 Å². The molecule has 30 heavy (non-hydrogen) atoms. The van der Waals surface area contributed by atoms with Crippen LogP contribution >= 0.6 is 0 Å². The summed E-state index contributed by atoms with van der Waals surface area (Å²) in [5.74, 6) is -0.662. The van der Waals surface area contributed by atoms with Gasteiger partial charge in [-0.15, -0.1) is 0 Å². The molecule has 6 nitrogen and oxygen atoms in total. The second-order valence-electron chi connectivity index (χ2n) is 6.66. The number of alkyl halides is 3. The van der Waals surface area contributed by atoms with Crippen molar-refractivity contribution in [3.05, 3.63) is 57.3 Å². The number of halogens is 4. The highest BCUT2D eigenvalue weighted by atomic mass is 19.4. The molecular formula is C20H24F4N4O2. The average molecular weight is 428 g/mol. The van der Waals surface area contributed by atoms with E-state index in [9.17, 15) is 27.2 Å². The van der Waals surface area contributed by atoms with Crippen LogP contribution in [0, 0.1) is 12.7 Å². The quantitative estimate of drug-likeness (QED) is 0.760. The van der Waals surface area contributed by atoms with Crippen molar-refractivity contribution in [2.75, 3.05) is 24.5 Å². The zero-order chi connectivity index (χ0) is 22.5. The van der Waals surface area contributed by atoms with Crippen LogP contribution in [0.2, 0.25) is 0 Å². The summed E-state index contributed by atoms with van der Waals surface area (Å²) >= 11 is 0. The van der Waals surface area contributed by atoms with Crippen LogP contribution in [0.15, 0.2) is 29.2 Å². The van der Waals surface area contributed by atoms with Gasteiger partial charge in [-0.1, -0.05) is 19.9 Å². The number of hydrogen-bond acceptors (Lipinski definition) is 4. The summed E-state index contributed by atoms with van der Waals surface area (Å²) in [5.41, 5.74) is 0.122. The van der Waals surface area contributed by atoms with Crippen molar-refractivity contribution in [1.82, 2.24) is 15.1 Å². The minimum absolute atomic E-state index is 0.00652. The van der Waals surface area contributed by atoms with Gasteiger partial charge in [-0.05, 0) is 30.2 Å². The Bertz CT molecular complexity index is 943. The first-order valence-electron chi connectivity index (χ1n) is 9.55. The molecule has 0 bridgehead atoms. The molecule has 1 aromatic heterocycles. The number of amides is 1. The van der Waals surface area contributed by atoms with Crippen molar-refractivity contribution in [3.8, 4) is 0 Å². The molecule has 1 aliphatic rings. The number of nitrogens with zero attached hydrogens (tertiary/aromatic N) is 3. The fourth-order valence-electron chi connectivity index (χ4n) is 3.18. The van der Waals surface area contributed by atoms with E-state index in [2.05, 4.69) is 5.10 Å². The molecule has 2 heterocycles. The molecule has 0 spiro atoms. The first kappa shape index (κ1) is 23.4. The van der Waals surface area contributed by atoms with E-state index in [-0.39, 0.29) is 43.6 Å². The minimum Gasteiger partial charge on any atom is -0.359 e. The Balaban J connectivity index is 0.00000155. The molecule has 0 radical (unpaired) electrons. The minimum atomic E-state index is -4.56. The molecule has 10 heteroatoms. The molecule has 1 aromatic carbocycles. The molecule has 0 aliphatic carbocycles. The average Bonchev–Trinajstić information content (AvgIpc) is 2.67. The normalized spacial score (nSPS) is 14.4. The van der Waals surface area contributed by atoms with Gasteiger partial charge in [0.1, 0.15) is 5.82 Å². The Kier molecular flexibility index (Phi) is 7.58. The maximum absolute atomic E-state index is 13.2. The third kappa shape index (κ3) is 5.80. The fraction of sp³-hybridized carbons (Fsp3) is 0.450. The van der Waals surface area contributed by atoms with Crippen LogP contribution in [0.4, 0.5) is 23.2 Å². The van der Waals surface area contributed by atoms with Gasteiger partial charge in [0.05, 0.1) is 30.4 Å². The van der Waals surface area contributed by atoms with E-state index in [0.29, 0.717) is 5.56 Å². The van der Waals surface area contributed by atoms with Crippen molar-refractivity contribution in [1.29, 1.82) is 0 Å². The number of aromatic nitrogens is 2. The predicted octanol–water partition coefficient (Wildman–Crippen LogP) is 3.20. The molecule has 1 aliphatic heterocycles. The number of aromatic amines is 1. The second-order valence-corrected chi connectivity index (χ2v) is 6.66. The van der Waals surface area contributed by atoms with Gasteiger partial charge in [-0.25, -0.2) is 9.49 Å². The monoisotopic (exact) mass is 428 g/mol. The molecule has 0 unspecified atom stereocenters. The molecule has 1 saturated heterocycles. The lowest BCUT2D eigenvalue weighted by molar-refractivity contribution is -0.131. The summed E-state index contributed by atoms with van der Waals surface area (Å²) < 4.78 is 51.7. The molecule has 0 saturated carbocycles. The molecule has 2 aromatic rings. The Morgan fingerprint density at radius 1 is 1.17 bits per heavy atom. The van der Waals surface area contributed by atoms with Gasteiger partial charge in [0, 0.05) is 19.6 Å². The first-order chi connectivity index (χ1) is 14.1.